The molecule has 1 unspecified atom stereocenters. The van der Waals surface area contributed by atoms with Crippen LogP contribution in [0.4, 0.5) is 0 Å². The van der Waals surface area contributed by atoms with E-state index in [4.69, 9.17) is 16.3 Å². The van der Waals surface area contributed by atoms with E-state index >= 15 is 0 Å². The standard InChI is InChI=1S/C12H16ClNO2/c1-12(5-6-16-8-12)14-7-9-3-2-4-10(13)11(9)15/h2-4,14-15H,5-8H2,1H3. The zero-order valence-corrected chi connectivity index (χ0v) is 10.0. The molecule has 1 fully saturated rings. The second-order valence-corrected chi connectivity index (χ2v) is 4.87. The first-order valence-electron chi connectivity index (χ1n) is 5.40. The molecule has 1 aromatic carbocycles. The van der Waals surface area contributed by atoms with Crippen LogP contribution < -0.4 is 5.32 Å². The number of halogens is 1. The largest absolute Gasteiger partial charge is 0.506 e. The van der Waals surface area contributed by atoms with Gasteiger partial charge >= 0.3 is 0 Å². The highest BCUT2D eigenvalue weighted by Crippen LogP contribution is 2.27. The van der Waals surface area contributed by atoms with Crippen molar-refractivity contribution in [1.82, 2.24) is 5.32 Å². The van der Waals surface area contributed by atoms with Gasteiger partial charge in [0.2, 0.25) is 0 Å². The van der Waals surface area contributed by atoms with Gasteiger partial charge in [0.25, 0.3) is 0 Å². The molecular weight excluding hydrogens is 226 g/mol. The Balaban J connectivity index is 2.02. The Morgan fingerprint density at radius 3 is 3.06 bits per heavy atom. The first-order chi connectivity index (χ1) is 7.61. The molecule has 1 atom stereocenters. The molecule has 4 heteroatoms. The Bertz CT molecular complexity index is 375. The predicted molar refractivity (Wildman–Crippen MR) is 63.8 cm³/mol. The van der Waals surface area contributed by atoms with E-state index in [0.29, 0.717) is 18.2 Å². The predicted octanol–water partition coefficient (Wildman–Crippen LogP) is 2.31. The molecule has 3 nitrogen and oxygen atoms in total. The van der Waals surface area contributed by atoms with E-state index in [1.807, 2.05) is 12.1 Å². The Hall–Kier alpha value is -0.770. The van der Waals surface area contributed by atoms with Gasteiger partial charge in [0, 0.05) is 24.3 Å². The van der Waals surface area contributed by atoms with Gasteiger partial charge in [-0.25, -0.2) is 0 Å². The van der Waals surface area contributed by atoms with Gasteiger partial charge in [0.05, 0.1) is 11.6 Å². The molecule has 1 saturated heterocycles. The monoisotopic (exact) mass is 241 g/mol. The van der Waals surface area contributed by atoms with E-state index < -0.39 is 0 Å². The van der Waals surface area contributed by atoms with Gasteiger partial charge in [-0.05, 0) is 19.4 Å². The number of nitrogens with one attached hydrogen (secondary N) is 1. The Labute approximate surface area is 100 Å². The number of rotatable bonds is 3. The van der Waals surface area contributed by atoms with Crippen LogP contribution >= 0.6 is 11.6 Å². The molecule has 0 radical (unpaired) electrons. The normalized spacial score (nSPS) is 24.9. The van der Waals surface area contributed by atoms with Crippen LogP contribution in [0.3, 0.4) is 0 Å². The lowest BCUT2D eigenvalue weighted by Gasteiger charge is -2.23. The lowest BCUT2D eigenvalue weighted by molar-refractivity contribution is 0.171. The molecular formula is C12H16ClNO2. The maximum atomic E-state index is 9.75. The summed E-state index contributed by atoms with van der Waals surface area (Å²) in [5.74, 6) is 0.166. The number of phenolic OH excluding ortho intramolecular Hbond substituents is 1. The van der Waals surface area contributed by atoms with Gasteiger partial charge in [-0.1, -0.05) is 23.7 Å². The number of hydrogen-bond donors (Lipinski definition) is 2. The van der Waals surface area contributed by atoms with E-state index in [1.54, 1.807) is 6.07 Å². The highest BCUT2D eigenvalue weighted by molar-refractivity contribution is 6.32. The van der Waals surface area contributed by atoms with E-state index in [9.17, 15) is 5.11 Å². The van der Waals surface area contributed by atoms with Crippen LogP contribution in [0.5, 0.6) is 5.75 Å². The van der Waals surface area contributed by atoms with Crippen molar-refractivity contribution in [2.45, 2.75) is 25.4 Å². The van der Waals surface area contributed by atoms with Crippen molar-refractivity contribution in [3.8, 4) is 5.75 Å². The molecule has 1 aliphatic heterocycles. The fourth-order valence-electron chi connectivity index (χ4n) is 1.82. The summed E-state index contributed by atoms with van der Waals surface area (Å²) in [6.45, 7) is 4.24. The SMILES string of the molecule is CC1(NCc2cccc(Cl)c2O)CCOC1. The van der Waals surface area contributed by atoms with Crippen molar-refractivity contribution in [1.29, 1.82) is 0 Å². The molecule has 88 valence electrons. The van der Waals surface area contributed by atoms with E-state index in [1.165, 1.54) is 0 Å². The Morgan fingerprint density at radius 2 is 2.38 bits per heavy atom. The lowest BCUT2D eigenvalue weighted by Crippen LogP contribution is -2.42. The molecule has 0 aromatic heterocycles. The summed E-state index contributed by atoms with van der Waals surface area (Å²) < 4.78 is 5.35. The van der Waals surface area contributed by atoms with Gasteiger partial charge < -0.3 is 15.2 Å². The van der Waals surface area contributed by atoms with Crippen molar-refractivity contribution >= 4 is 11.6 Å². The molecule has 1 aliphatic rings. The maximum absolute atomic E-state index is 9.75. The average Bonchev–Trinajstić information content (AvgIpc) is 2.68. The summed E-state index contributed by atoms with van der Waals surface area (Å²) >= 11 is 5.84. The minimum absolute atomic E-state index is 0.00869. The van der Waals surface area contributed by atoms with Crippen LogP contribution in [-0.2, 0) is 11.3 Å². The van der Waals surface area contributed by atoms with Crippen molar-refractivity contribution < 1.29 is 9.84 Å². The van der Waals surface area contributed by atoms with Crippen molar-refractivity contribution in [3.05, 3.63) is 28.8 Å². The molecule has 2 rings (SSSR count). The zero-order chi connectivity index (χ0) is 11.6. The number of phenols is 1. The number of para-hydroxylation sites is 1. The molecule has 0 spiro atoms. The Morgan fingerprint density at radius 1 is 1.56 bits per heavy atom. The molecule has 1 aromatic rings. The third-order valence-corrected chi connectivity index (χ3v) is 3.30. The number of hydrogen-bond acceptors (Lipinski definition) is 3. The van der Waals surface area contributed by atoms with Crippen LogP contribution in [0, 0.1) is 0 Å². The first-order valence-corrected chi connectivity index (χ1v) is 5.78. The minimum atomic E-state index is 0.00869. The molecule has 2 N–H and O–H groups in total. The summed E-state index contributed by atoms with van der Waals surface area (Å²) in [4.78, 5) is 0. The quantitative estimate of drug-likeness (QED) is 0.854. The number of aromatic hydroxyl groups is 1. The second-order valence-electron chi connectivity index (χ2n) is 4.46. The van der Waals surface area contributed by atoms with Crippen LogP contribution in [-0.4, -0.2) is 23.9 Å². The third-order valence-electron chi connectivity index (χ3n) is 2.99. The summed E-state index contributed by atoms with van der Waals surface area (Å²) in [6, 6.07) is 5.39. The van der Waals surface area contributed by atoms with Gasteiger partial charge in [0.1, 0.15) is 5.75 Å². The summed E-state index contributed by atoms with van der Waals surface area (Å²) in [7, 11) is 0. The average molecular weight is 242 g/mol. The van der Waals surface area contributed by atoms with Crippen LogP contribution in [0.25, 0.3) is 0 Å². The lowest BCUT2D eigenvalue weighted by atomic mass is 10.0. The van der Waals surface area contributed by atoms with Gasteiger partial charge in [-0.2, -0.15) is 0 Å². The molecule has 0 amide bonds. The molecule has 0 bridgehead atoms. The van der Waals surface area contributed by atoms with Crippen LogP contribution in [0.15, 0.2) is 18.2 Å². The van der Waals surface area contributed by atoms with Gasteiger partial charge in [0.15, 0.2) is 0 Å². The highest BCUT2D eigenvalue weighted by Gasteiger charge is 2.28. The van der Waals surface area contributed by atoms with E-state index in [2.05, 4.69) is 12.2 Å². The Kier molecular flexibility index (Phi) is 3.38. The number of benzene rings is 1. The fraction of sp³-hybridized carbons (Fsp3) is 0.500. The van der Waals surface area contributed by atoms with Crippen molar-refractivity contribution in [2.24, 2.45) is 0 Å². The van der Waals surface area contributed by atoms with Crippen LogP contribution in [0.2, 0.25) is 5.02 Å². The zero-order valence-electron chi connectivity index (χ0n) is 9.29. The maximum Gasteiger partial charge on any atom is 0.138 e. The van der Waals surface area contributed by atoms with Gasteiger partial charge in [-0.3, -0.25) is 0 Å². The van der Waals surface area contributed by atoms with Crippen LogP contribution in [0.1, 0.15) is 18.9 Å². The number of ether oxygens (including phenoxy) is 1. The van der Waals surface area contributed by atoms with Crippen molar-refractivity contribution in [2.75, 3.05) is 13.2 Å². The van der Waals surface area contributed by atoms with Crippen molar-refractivity contribution in [3.63, 3.8) is 0 Å². The molecule has 0 saturated carbocycles. The molecule has 0 aliphatic carbocycles. The smallest absolute Gasteiger partial charge is 0.138 e. The van der Waals surface area contributed by atoms with E-state index in [0.717, 1.165) is 18.6 Å². The summed E-state index contributed by atoms with van der Waals surface area (Å²) in [5, 5.41) is 13.5. The fourth-order valence-corrected chi connectivity index (χ4v) is 2.01. The van der Waals surface area contributed by atoms with Gasteiger partial charge in [-0.15, -0.1) is 0 Å². The molecule has 1 heterocycles. The highest BCUT2D eigenvalue weighted by atomic mass is 35.5. The summed E-state index contributed by atoms with van der Waals surface area (Å²) in [5.41, 5.74) is 0.829. The van der Waals surface area contributed by atoms with E-state index in [-0.39, 0.29) is 11.3 Å². The first kappa shape index (κ1) is 11.7. The molecule has 16 heavy (non-hydrogen) atoms. The second kappa shape index (κ2) is 4.62. The third kappa shape index (κ3) is 2.48. The minimum Gasteiger partial charge on any atom is -0.506 e. The topological polar surface area (TPSA) is 41.5 Å². The summed E-state index contributed by atoms with van der Waals surface area (Å²) in [6.07, 6.45) is 0.994.